The molecule has 130 valence electrons. The average molecular weight is 355 g/mol. The summed E-state index contributed by atoms with van der Waals surface area (Å²) < 4.78 is 0. The van der Waals surface area contributed by atoms with Crippen LogP contribution in [0.2, 0.25) is 5.04 Å². The van der Waals surface area contributed by atoms with Gasteiger partial charge in [-0.2, -0.15) is 0 Å². The van der Waals surface area contributed by atoms with E-state index in [1.807, 2.05) is 0 Å². The van der Waals surface area contributed by atoms with Crippen LogP contribution in [0.25, 0.3) is 11.1 Å². The van der Waals surface area contributed by atoms with Gasteiger partial charge in [0, 0.05) is 0 Å². The van der Waals surface area contributed by atoms with Crippen molar-refractivity contribution in [3.8, 4) is 0 Å². The standard InChI is InChI=1S/C25H26Si/c1-19-11-13-20(14-12-19)22-15-16-23(24(22)21-9-5-3-6-10-21)26-25(2)17-7-4-8-18-25/h3-15,17H,16,18,26H2,1-2H3. The van der Waals surface area contributed by atoms with Crippen LogP contribution >= 0.6 is 0 Å². The predicted molar refractivity (Wildman–Crippen MR) is 117 cm³/mol. The molecule has 4 rings (SSSR count). The Morgan fingerprint density at radius 3 is 2.35 bits per heavy atom. The summed E-state index contributed by atoms with van der Waals surface area (Å²) in [4.78, 5) is 0. The van der Waals surface area contributed by atoms with Crippen molar-refractivity contribution in [3.63, 3.8) is 0 Å². The highest BCUT2D eigenvalue weighted by atomic mass is 28.2. The highest BCUT2D eigenvalue weighted by Crippen LogP contribution is 2.44. The molecule has 0 N–H and O–H groups in total. The van der Waals surface area contributed by atoms with Crippen LogP contribution in [0.1, 0.15) is 36.5 Å². The van der Waals surface area contributed by atoms with Gasteiger partial charge >= 0.3 is 0 Å². The summed E-state index contributed by atoms with van der Waals surface area (Å²) in [6, 6.07) is 20.0. The lowest BCUT2D eigenvalue weighted by molar-refractivity contribution is 0.754. The molecule has 0 spiro atoms. The maximum Gasteiger partial charge on any atom is 0.0617 e. The lowest BCUT2D eigenvalue weighted by Crippen LogP contribution is -2.17. The summed E-state index contributed by atoms with van der Waals surface area (Å²) in [5, 5.41) is 2.06. The van der Waals surface area contributed by atoms with Crippen LogP contribution < -0.4 is 0 Å². The van der Waals surface area contributed by atoms with Gasteiger partial charge in [-0.05, 0) is 47.1 Å². The third kappa shape index (κ3) is 3.45. The second kappa shape index (κ2) is 7.09. The summed E-state index contributed by atoms with van der Waals surface area (Å²) in [6.07, 6.45) is 14.0. The monoisotopic (exact) mass is 354 g/mol. The van der Waals surface area contributed by atoms with E-state index < -0.39 is 9.52 Å². The molecule has 2 aromatic carbocycles. The first-order valence-corrected chi connectivity index (χ1v) is 11.0. The minimum Gasteiger partial charge on any atom is -0.0840 e. The first-order valence-electron chi connectivity index (χ1n) is 9.54. The van der Waals surface area contributed by atoms with Crippen molar-refractivity contribution in [2.45, 2.75) is 31.7 Å². The molecule has 0 nitrogen and oxygen atoms in total. The summed E-state index contributed by atoms with van der Waals surface area (Å²) in [6.45, 7) is 4.60. The van der Waals surface area contributed by atoms with Crippen LogP contribution in [0.3, 0.4) is 0 Å². The summed E-state index contributed by atoms with van der Waals surface area (Å²) in [5.74, 6) is 0. The van der Waals surface area contributed by atoms with E-state index >= 15 is 0 Å². The first-order chi connectivity index (χ1) is 12.6. The average Bonchev–Trinajstić information content (AvgIpc) is 3.06. The maximum atomic E-state index is 2.46. The van der Waals surface area contributed by atoms with E-state index in [2.05, 4.69) is 98.8 Å². The fourth-order valence-corrected chi connectivity index (χ4v) is 6.53. The Kier molecular flexibility index (Phi) is 4.65. The SMILES string of the molecule is Cc1ccc(C2=CCC([SiH2]C3(C)C=CC=CC3)=C2c2ccccc2)cc1. The third-order valence-electron chi connectivity index (χ3n) is 5.55. The van der Waals surface area contributed by atoms with Gasteiger partial charge in [0.05, 0.1) is 9.52 Å². The largest absolute Gasteiger partial charge is 0.0840 e. The minimum absolute atomic E-state index is 0.362. The Labute approximate surface area is 159 Å². The van der Waals surface area contributed by atoms with E-state index in [1.165, 1.54) is 34.3 Å². The molecule has 0 bridgehead atoms. The van der Waals surface area contributed by atoms with Crippen LogP contribution in [-0.2, 0) is 0 Å². The molecule has 0 radical (unpaired) electrons. The molecule has 1 unspecified atom stereocenters. The van der Waals surface area contributed by atoms with Crippen molar-refractivity contribution >= 4 is 20.7 Å². The van der Waals surface area contributed by atoms with Crippen molar-refractivity contribution in [2.24, 2.45) is 0 Å². The smallest absolute Gasteiger partial charge is 0.0617 e. The first kappa shape index (κ1) is 17.1. The molecule has 0 heterocycles. The quantitative estimate of drug-likeness (QED) is 0.586. The summed E-state index contributed by atoms with van der Waals surface area (Å²) in [5.41, 5.74) is 6.97. The molecule has 0 saturated carbocycles. The van der Waals surface area contributed by atoms with Gasteiger partial charge in [0.15, 0.2) is 0 Å². The number of hydrogen-bond acceptors (Lipinski definition) is 0. The lowest BCUT2D eigenvalue weighted by atomic mass is 9.94. The van der Waals surface area contributed by atoms with Crippen LogP contribution in [0, 0.1) is 6.92 Å². The second-order valence-electron chi connectivity index (χ2n) is 7.85. The van der Waals surface area contributed by atoms with Crippen LogP contribution in [-0.4, -0.2) is 9.52 Å². The van der Waals surface area contributed by atoms with Gasteiger partial charge < -0.3 is 0 Å². The Hall–Kier alpha value is -2.38. The van der Waals surface area contributed by atoms with Crippen molar-refractivity contribution in [2.75, 3.05) is 0 Å². The van der Waals surface area contributed by atoms with Crippen molar-refractivity contribution in [1.82, 2.24) is 0 Å². The Bertz CT molecular complexity index is 910. The predicted octanol–water partition coefficient (Wildman–Crippen LogP) is 6.06. The molecular weight excluding hydrogens is 328 g/mol. The van der Waals surface area contributed by atoms with Gasteiger partial charge in [0.2, 0.25) is 0 Å². The van der Waals surface area contributed by atoms with Gasteiger partial charge in [-0.15, -0.1) is 0 Å². The van der Waals surface area contributed by atoms with Crippen LogP contribution in [0.5, 0.6) is 0 Å². The van der Waals surface area contributed by atoms with E-state index in [1.54, 1.807) is 5.20 Å². The van der Waals surface area contributed by atoms with Crippen molar-refractivity contribution in [1.29, 1.82) is 0 Å². The molecule has 0 aromatic heterocycles. The van der Waals surface area contributed by atoms with E-state index in [9.17, 15) is 0 Å². The Balaban J connectivity index is 1.76. The fourth-order valence-electron chi connectivity index (χ4n) is 4.13. The summed E-state index contributed by atoms with van der Waals surface area (Å²) >= 11 is 0. The number of hydrogen-bond donors (Lipinski definition) is 0. The molecular formula is C25H26Si. The van der Waals surface area contributed by atoms with Crippen molar-refractivity contribution < 1.29 is 0 Å². The molecule has 0 amide bonds. The molecule has 1 heteroatoms. The third-order valence-corrected chi connectivity index (χ3v) is 7.95. The normalized spacial score (nSPS) is 22.5. The molecule has 26 heavy (non-hydrogen) atoms. The lowest BCUT2D eigenvalue weighted by Gasteiger charge is -2.27. The number of benzene rings is 2. The molecule has 0 fully saturated rings. The van der Waals surface area contributed by atoms with Gasteiger partial charge in [0.25, 0.3) is 0 Å². The maximum absolute atomic E-state index is 2.46. The zero-order chi connectivity index (χ0) is 18.0. The van der Waals surface area contributed by atoms with Crippen molar-refractivity contribution in [3.05, 3.63) is 107 Å². The molecule has 2 aliphatic carbocycles. The molecule has 0 aliphatic heterocycles. The number of allylic oxidation sites excluding steroid dienone is 8. The van der Waals surface area contributed by atoms with E-state index in [0.29, 0.717) is 5.04 Å². The highest BCUT2D eigenvalue weighted by Gasteiger charge is 2.28. The second-order valence-corrected chi connectivity index (χ2v) is 10.7. The minimum atomic E-state index is -0.401. The topological polar surface area (TPSA) is 0 Å². The molecule has 0 saturated heterocycles. The summed E-state index contributed by atoms with van der Waals surface area (Å²) in [7, 11) is -0.401. The van der Waals surface area contributed by atoms with E-state index in [4.69, 9.17) is 0 Å². The molecule has 2 aromatic rings. The molecule has 2 aliphatic rings. The van der Waals surface area contributed by atoms with Crippen LogP contribution in [0.15, 0.2) is 90.2 Å². The zero-order valence-corrected chi connectivity index (χ0v) is 17.1. The Morgan fingerprint density at radius 1 is 0.885 bits per heavy atom. The van der Waals surface area contributed by atoms with E-state index in [0.717, 1.165) is 6.42 Å². The molecule has 1 atom stereocenters. The number of rotatable bonds is 4. The van der Waals surface area contributed by atoms with Crippen LogP contribution in [0.4, 0.5) is 0 Å². The van der Waals surface area contributed by atoms with Gasteiger partial charge in [0.1, 0.15) is 0 Å². The number of aryl methyl sites for hydroxylation is 1. The highest BCUT2D eigenvalue weighted by molar-refractivity contribution is 6.53. The zero-order valence-electron chi connectivity index (χ0n) is 15.7. The van der Waals surface area contributed by atoms with Gasteiger partial charge in [-0.25, -0.2) is 0 Å². The van der Waals surface area contributed by atoms with E-state index in [-0.39, 0.29) is 0 Å². The van der Waals surface area contributed by atoms with Gasteiger partial charge in [-0.1, -0.05) is 103 Å². The fraction of sp³-hybridized carbons (Fsp3) is 0.200. The Morgan fingerprint density at radius 2 is 1.65 bits per heavy atom. The van der Waals surface area contributed by atoms with Gasteiger partial charge in [-0.3, -0.25) is 0 Å².